The minimum Gasteiger partial charge on any atom is -0.451 e. The van der Waals surface area contributed by atoms with E-state index in [1.807, 2.05) is 25.1 Å². The summed E-state index contributed by atoms with van der Waals surface area (Å²) in [5.41, 5.74) is 4.31. The van der Waals surface area contributed by atoms with Crippen molar-refractivity contribution >= 4 is 57.4 Å². The molecular formula is C24H15Cl3N4O2. The minimum atomic E-state index is -0.381. The molecule has 1 N–H and O–H groups in total. The number of nitrogens with one attached hydrogen (secondary N) is 1. The zero-order valence-electron chi connectivity index (χ0n) is 17.1. The third kappa shape index (κ3) is 4.33. The lowest BCUT2D eigenvalue weighted by atomic mass is 10.1. The van der Waals surface area contributed by atoms with Crippen molar-refractivity contribution in [3.63, 3.8) is 0 Å². The normalized spacial score (nSPS) is 11.2. The minimum absolute atomic E-state index is 0.167. The second-order valence-electron chi connectivity index (χ2n) is 7.37. The number of aromatic nitrogens is 3. The Labute approximate surface area is 203 Å². The Morgan fingerprint density at radius 1 is 0.879 bits per heavy atom. The molecule has 2 heterocycles. The second-order valence-corrected chi connectivity index (χ2v) is 8.62. The van der Waals surface area contributed by atoms with Gasteiger partial charge in [0.25, 0.3) is 5.91 Å². The number of amides is 1. The number of aryl methyl sites for hydroxylation is 1. The van der Waals surface area contributed by atoms with Crippen LogP contribution in [0.5, 0.6) is 0 Å². The van der Waals surface area contributed by atoms with Gasteiger partial charge < -0.3 is 9.73 Å². The van der Waals surface area contributed by atoms with E-state index in [0.29, 0.717) is 37.5 Å². The molecule has 0 fully saturated rings. The average molecular weight is 498 g/mol. The van der Waals surface area contributed by atoms with Crippen LogP contribution in [-0.2, 0) is 0 Å². The number of anilines is 1. The summed E-state index contributed by atoms with van der Waals surface area (Å²) < 4.78 is 5.74. The van der Waals surface area contributed by atoms with Gasteiger partial charge in [-0.25, -0.2) is 0 Å². The van der Waals surface area contributed by atoms with Crippen LogP contribution in [0, 0.1) is 6.92 Å². The quantitative estimate of drug-likeness (QED) is 0.285. The number of halogens is 3. The van der Waals surface area contributed by atoms with Gasteiger partial charge in [-0.15, -0.1) is 10.2 Å². The topological polar surface area (TPSA) is 73.0 Å². The first-order valence-electron chi connectivity index (χ1n) is 9.87. The van der Waals surface area contributed by atoms with Crippen LogP contribution in [0.25, 0.3) is 28.0 Å². The Hall–Kier alpha value is -3.32. The molecule has 0 aliphatic rings. The Kier molecular flexibility index (Phi) is 5.58. The summed E-state index contributed by atoms with van der Waals surface area (Å²) in [6.45, 7) is 1.89. The second kappa shape index (κ2) is 8.56. The van der Waals surface area contributed by atoms with Crippen molar-refractivity contribution in [2.45, 2.75) is 6.92 Å². The summed E-state index contributed by atoms with van der Waals surface area (Å²) in [4.78, 5) is 14.4. The van der Waals surface area contributed by atoms with E-state index in [1.54, 1.807) is 48.5 Å². The third-order valence-electron chi connectivity index (χ3n) is 5.07. The lowest BCUT2D eigenvalue weighted by Gasteiger charge is -2.06. The molecule has 5 rings (SSSR count). The summed E-state index contributed by atoms with van der Waals surface area (Å²) in [7, 11) is 0. The van der Waals surface area contributed by atoms with E-state index in [-0.39, 0.29) is 11.7 Å². The molecule has 0 spiro atoms. The van der Waals surface area contributed by atoms with Crippen molar-refractivity contribution in [2.24, 2.45) is 0 Å². The van der Waals surface area contributed by atoms with Crippen molar-refractivity contribution < 1.29 is 9.21 Å². The SMILES string of the molecule is Cc1cc2nn(-c3ccc(Cl)cc3)nc2cc1NC(=O)c1ccc(-c2ccc(Cl)c(Cl)c2)o1. The molecule has 0 atom stereocenters. The molecular weight excluding hydrogens is 483 g/mol. The summed E-state index contributed by atoms with van der Waals surface area (Å²) in [5, 5.41) is 13.4. The first-order chi connectivity index (χ1) is 15.9. The van der Waals surface area contributed by atoms with E-state index in [9.17, 15) is 4.79 Å². The molecule has 6 nitrogen and oxygen atoms in total. The van der Waals surface area contributed by atoms with Gasteiger partial charge in [0.1, 0.15) is 16.8 Å². The first kappa shape index (κ1) is 21.5. The van der Waals surface area contributed by atoms with E-state index >= 15 is 0 Å². The maximum absolute atomic E-state index is 12.8. The highest BCUT2D eigenvalue weighted by molar-refractivity contribution is 6.42. The monoisotopic (exact) mass is 496 g/mol. The fraction of sp³-hybridized carbons (Fsp3) is 0.0417. The number of carbonyl (C=O) groups excluding carboxylic acids is 1. The van der Waals surface area contributed by atoms with Gasteiger partial charge in [-0.2, -0.15) is 4.80 Å². The lowest BCUT2D eigenvalue weighted by molar-refractivity contribution is 0.0997. The van der Waals surface area contributed by atoms with Crippen LogP contribution in [0.1, 0.15) is 16.1 Å². The number of hydrogen-bond donors (Lipinski definition) is 1. The molecule has 0 radical (unpaired) electrons. The number of rotatable bonds is 4. The lowest BCUT2D eigenvalue weighted by Crippen LogP contribution is -2.11. The van der Waals surface area contributed by atoms with E-state index in [4.69, 9.17) is 39.2 Å². The molecule has 0 aliphatic heterocycles. The number of fused-ring (bicyclic) bond motifs is 1. The van der Waals surface area contributed by atoms with E-state index in [1.165, 1.54) is 4.80 Å². The Balaban J connectivity index is 1.40. The van der Waals surface area contributed by atoms with Crippen LogP contribution in [0.15, 0.2) is 71.1 Å². The van der Waals surface area contributed by atoms with Gasteiger partial charge in [-0.05, 0) is 79.2 Å². The van der Waals surface area contributed by atoms with Crippen molar-refractivity contribution in [3.8, 4) is 17.0 Å². The maximum atomic E-state index is 12.8. The van der Waals surface area contributed by atoms with Gasteiger partial charge in [0.15, 0.2) is 5.76 Å². The van der Waals surface area contributed by atoms with Gasteiger partial charge in [-0.1, -0.05) is 34.8 Å². The molecule has 0 unspecified atom stereocenters. The standard InChI is InChI=1S/C24H15Cl3N4O2/c1-13-10-20-21(30-31(29-20)16-5-3-15(25)4-6-16)12-19(13)28-24(32)23-9-8-22(33-23)14-2-7-17(26)18(27)11-14/h2-12H,1H3,(H,28,32). The Bertz CT molecular complexity index is 1510. The molecule has 9 heteroatoms. The van der Waals surface area contributed by atoms with Crippen LogP contribution in [-0.4, -0.2) is 20.9 Å². The van der Waals surface area contributed by atoms with Crippen molar-refractivity contribution in [1.29, 1.82) is 0 Å². The predicted molar refractivity (Wildman–Crippen MR) is 131 cm³/mol. The molecule has 0 bridgehead atoms. The van der Waals surface area contributed by atoms with Gasteiger partial charge in [0.05, 0.1) is 15.7 Å². The van der Waals surface area contributed by atoms with E-state index in [2.05, 4.69) is 15.5 Å². The molecule has 0 aliphatic carbocycles. The van der Waals surface area contributed by atoms with Gasteiger partial charge in [-0.3, -0.25) is 4.79 Å². The molecule has 2 aromatic heterocycles. The summed E-state index contributed by atoms with van der Waals surface area (Å²) in [6, 6.07) is 19.3. The maximum Gasteiger partial charge on any atom is 0.291 e. The van der Waals surface area contributed by atoms with Crippen molar-refractivity contribution in [1.82, 2.24) is 15.0 Å². The molecule has 33 heavy (non-hydrogen) atoms. The summed E-state index contributed by atoms with van der Waals surface area (Å²) >= 11 is 18.0. The zero-order valence-corrected chi connectivity index (χ0v) is 19.4. The first-order valence-corrected chi connectivity index (χ1v) is 11.0. The summed E-state index contributed by atoms with van der Waals surface area (Å²) in [6.07, 6.45) is 0. The third-order valence-corrected chi connectivity index (χ3v) is 6.06. The fourth-order valence-corrected chi connectivity index (χ4v) is 3.76. The highest BCUT2D eigenvalue weighted by atomic mass is 35.5. The van der Waals surface area contributed by atoms with E-state index < -0.39 is 0 Å². The summed E-state index contributed by atoms with van der Waals surface area (Å²) in [5.74, 6) is 0.297. The molecule has 3 aromatic carbocycles. The van der Waals surface area contributed by atoms with Crippen molar-refractivity contribution in [3.05, 3.63) is 93.1 Å². The fourth-order valence-electron chi connectivity index (χ4n) is 3.34. The molecule has 5 aromatic rings. The van der Waals surface area contributed by atoms with E-state index in [0.717, 1.165) is 16.8 Å². The molecule has 164 valence electrons. The Morgan fingerprint density at radius 3 is 2.33 bits per heavy atom. The largest absolute Gasteiger partial charge is 0.451 e. The molecule has 1 amide bonds. The van der Waals surface area contributed by atoms with Crippen LogP contribution in [0.3, 0.4) is 0 Å². The van der Waals surface area contributed by atoms with Crippen LogP contribution in [0.2, 0.25) is 15.1 Å². The molecule has 0 saturated carbocycles. The highest BCUT2D eigenvalue weighted by Gasteiger charge is 2.16. The Morgan fingerprint density at radius 2 is 1.61 bits per heavy atom. The van der Waals surface area contributed by atoms with Gasteiger partial charge in [0.2, 0.25) is 0 Å². The highest BCUT2D eigenvalue weighted by Crippen LogP contribution is 2.30. The molecule has 0 saturated heterocycles. The number of carbonyl (C=O) groups is 1. The number of benzene rings is 3. The number of nitrogens with zero attached hydrogens (tertiary/aromatic N) is 3. The van der Waals surface area contributed by atoms with Gasteiger partial charge in [0, 0.05) is 16.3 Å². The van der Waals surface area contributed by atoms with Crippen LogP contribution >= 0.6 is 34.8 Å². The van der Waals surface area contributed by atoms with Crippen LogP contribution < -0.4 is 5.32 Å². The average Bonchev–Trinajstić information content (AvgIpc) is 3.44. The number of furan rings is 1. The van der Waals surface area contributed by atoms with Crippen molar-refractivity contribution in [2.75, 3.05) is 5.32 Å². The zero-order chi connectivity index (χ0) is 23.1. The number of hydrogen-bond acceptors (Lipinski definition) is 4. The van der Waals surface area contributed by atoms with Gasteiger partial charge >= 0.3 is 0 Å². The smallest absolute Gasteiger partial charge is 0.291 e. The predicted octanol–water partition coefficient (Wildman–Crippen LogP) is 7.20. The van der Waals surface area contributed by atoms with Crippen LogP contribution in [0.4, 0.5) is 5.69 Å².